The van der Waals surface area contributed by atoms with Crippen LogP contribution < -0.4 is 10.9 Å². The Morgan fingerprint density at radius 1 is 1.39 bits per heavy atom. The van der Waals surface area contributed by atoms with E-state index in [9.17, 15) is 24.5 Å². The Bertz CT molecular complexity index is 1050. The van der Waals surface area contributed by atoms with Crippen molar-refractivity contribution < 1.29 is 33.5 Å². The molecule has 0 spiro atoms. The molecule has 152 valence electrons. The number of hydrogen-bond acceptors (Lipinski definition) is 10. The number of imidazole rings is 1. The van der Waals surface area contributed by atoms with E-state index >= 15 is 0 Å². The molecule has 13 nitrogen and oxygen atoms in total. The third-order valence-electron chi connectivity index (χ3n) is 5.11. The van der Waals surface area contributed by atoms with Crippen LogP contribution in [0.5, 0.6) is 0 Å². The van der Waals surface area contributed by atoms with Gasteiger partial charge < -0.3 is 25.2 Å². The zero-order valence-corrected chi connectivity index (χ0v) is 15.5. The highest BCUT2D eigenvalue weighted by atomic mass is 31.2. The average molecular weight is 415 g/mol. The summed E-state index contributed by atoms with van der Waals surface area (Å²) in [4.78, 5) is 30.7. The van der Waals surface area contributed by atoms with Crippen molar-refractivity contribution in [2.24, 2.45) is 0 Å². The van der Waals surface area contributed by atoms with Gasteiger partial charge in [-0.1, -0.05) is 0 Å². The zero-order chi connectivity index (χ0) is 19.8. The first-order chi connectivity index (χ1) is 13.2. The summed E-state index contributed by atoms with van der Waals surface area (Å²) in [5.41, 5.74) is -0.398. The fourth-order valence-corrected chi connectivity index (χ4v) is 4.78. The molecule has 0 bridgehead atoms. The van der Waals surface area contributed by atoms with Crippen LogP contribution in [-0.4, -0.2) is 65.2 Å². The van der Waals surface area contributed by atoms with Gasteiger partial charge in [0, 0.05) is 12.5 Å². The number of nitrogens with one attached hydrogen (secondary N) is 1. The highest BCUT2D eigenvalue weighted by Crippen LogP contribution is 2.52. The Kier molecular flexibility index (Phi) is 3.94. The van der Waals surface area contributed by atoms with Gasteiger partial charge in [-0.05, 0) is 6.92 Å². The quantitative estimate of drug-likeness (QED) is 0.424. The number of hydrogen-bond donors (Lipinski definition) is 4. The first-order valence-electron chi connectivity index (χ1n) is 8.68. The van der Waals surface area contributed by atoms with Gasteiger partial charge in [-0.25, -0.2) is 14.1 Å². The molecule has 2 fully saturated rings. The molecule has 4 N–H and O–H groups in total. The molecule has 5 heterocycles. The lowest BCUT2D eigenvalue weighted by atomic mass is 10.1. The molecule has 2 aromatic rings. The van der Waals surface area contributed by atoms with Crippen LogP contribution in [-0.2, 0) is 18.3 Å². The van der Waals surface area contributed by atoms with Crippen LogP contribution >= 0.6 is 7.82 Å². The molecule has 0 radical (unpaired) electrons. The largest absolute Gasteiger partial charge is 0.472 e. The van der Waals surface area contributed by atoms with Crippen molar-refractivity contribution in [3.8, 4) is 0 Å². The van der Waals surface area contributed by atoms with Gasteiger partial charge >= 0.3 is 7.82 Å². The minimum absolute atomic E-state index is 0.00479. The van der Waals surface area contributed by atoms with E-state index in [1.165, 1.54) is 10.9 Å². The second kappa shape index (κ2) is 6.07. The number of rotatable bonds is 1. The maximum Gasteiger partial charge on any atom is 0.472 e. The second-order valence-electron chi connectivity index (χ2n) is 7.09. The van der Waals surface area contributed by atoms with Gasteiger partial charge in [-0.15, -0.1) is 0 Å². The topological polar surface area (TPSA) is 170 Å². The SMILES string of the molecule is CC1CC(O)n2c(nc3c(ncn3[C@@H]3O[C@@H]4COP(=O)(O)O[C@H]4[C@H]3O)c2=O)N1. The predicted octanol–water partition coefficient (Wildman–Crippen LogP) is -0.938. The Balaban J connectivity index is 1.58. The van der Waals surface area contributed by atoms with E-state index in [1.54, 1.807) is 0 Å². The minimum atomic E-state index is -4.25. The Hall–Kier alpha value is -1.86. The van der Waals surface area contributed by atoms with Gasteiger partial charge in [0.25, 0.3) is 5.56 Å². The van der Waals surface area contributed by atoms with Crippen molar-refractivity contribution in [2.75, 3.05) is 11.9 Å². The molecule has 28 heavy (non-hydrogen) atoms. The van der Waals surface area contributed by atoms with Gasteiger partial charge in [0.1, 0.15) is 24.5 Å². The first-order valence-corrected chi connectivity index (χ1v) is 10.2. The Morgan fingerprint density at radius 3 is 2.96 bits per heavy atom. The fraction of sp³-hybridized carbons (Fsp3) is 0.643. The normalized spacial score (nSPS) is 40.1. The van der Waals surface area contributed by atoms with Gasteiger partial charge in [0.2, 0.25) is 5.95 Å². The lowest BCUT2D eigenvalue weighted by Gasteiger charge is -2.28. The summed E-state index contributed by atoms with van der Waals surface area (Å²) in [6.45, 7) is 1.62. The first kappa shape index (κ1) is 18.2. The van der Waals surface area contributed by atoms with E-state index in [0.717, 1.165) is 4.57 Å². The smallest absolute Gasteiger partial charge is 0.386 e. The fourth-order valence-electron chi connectivity index (χ4n) is 3.81. The number of nitrogens with zero attached hydrogens (tertiary/aromatic N) is 4. The van der Waals surface area contributed by atoms with Crippen molar-refractivity contribution >= 4 is 24.9 Å². The molecule has 2 saturated heterocycles. The van der Waals surface area contributed by atoms with Gasteiger partial charge in [0.05, 0.1) is 12.9 Å². The number of phosphoric ester groups is 1. The number of aromatic nitrogens is 4. The number of fused-ring (bicyclic) bond motifs is 3. The van der Waals surface area contributed by atoms with E-state index < -0.39 is 44.1 Å². The highest BCUT2D eigenvalue weighted by molar-refractivity contribution is 7.47. The number of aliphatic hydroxyl groups excluding tert-OH is 2. The maximum absolute atomic E-state index is 12.8. The molecule has 5 rings (SSSR count). The zero-order valence-electron chi connectivity index (χ0n) is 14.6. The van der Waals surface area contributed by atoms with Crippen LogP contribution in [0.25, 0.3) is 11.2 Å². The van der Waals surface area contributed by atoms with E-state index in [0.29, 0.717) is 6.42 Å². The van der Waals surface area contributed by atoms with E-state index in [4.69, 9.17) is 13.8 Å². The molecule has 14 heteroatoms. The molecule has 2 aromatic heterocycles. The molecule has 3 aliphatic heterocycles. The monoisotopic (exact) mass is 415 g/mol. The summed E-state index contributed by atoms with van der Waals surface area (Å²) < 4.78 is 29.5. The third-order valence-corrected chi connectivity index (χ3v) is 6.09. The minimum Gasteiger partial charge on any atom is -0.386 e. The standard InChI is InChI=1S/C14H18N5O8P/c1-5-2-7(20)19-12(22)8-11(17-14(19)16-5)18(4-15-8)13-9(21)10-6(26-13)3-25-28(23,24)27-10/h4-7,9-10,13,20-21H,2-3H2,1H3,(H,16,17)(H,23,24)/t5?,6-,7?,9-,10-,13-/m1/s1. The summed E-state index contributed by atoms with van der Waals surface area (Å²) in [5.74, 6) is 0.176. The van der Waals surface area contributed by atoms with Crippen LogP contribution in [0.1, 0.15) is 25.8 Å². The number of ether oxygens (including phenoxy) is 1. The van der Waals surface area contributed by atoms with Crippen LogP contribution in [0.3, 0.4) is 0 Å². The molecule has 0 aliphatic carbocycles. The molecule has 0 aromatic carbocycles. The van der Waals surface area contributed by atoms with Crippen molar-refractivity contribution in [1.29, 1.82) is 0 Å². The maximum atomic E-state index is 12.8. The Morgan fingerprint density at radius 2 is 2.18 bits per heavy atom. The summed E-state index contributed by atoms with van der Waals surface area (Å²) in [6.07, 6.45) is -3.62. The number of anilines is 1. The van der Waals surface area contributed by atoms with Gasteiger partial charge in [-0.3, -0.25) is 18.4 Å². The molecular formula is C14H18N5O8P. The second-order valence-corrected chi connectivity index (χ2v) is 8.49. The van der Waals surface area contributed by atoms with Crippen molar-refractivity contribution in [3.63, 3.8) is 0 Å². The molecule has 7 atom stereocenters. The lowest BCUT2D eigenvalue weighted by molar-refractivity contribution is -0.0664. The van der Waals surface area contributed by atoms with E-state index in [2.05, 4.69) is 15.3 Å². The van der Waals surface area contributed by atoms with Crippen LogP contribution in [0.15, 0.2) is 11.1 Å². The van der Waals surface area contributed by atoms with Gasteiger partial charge in [0.15, 0.2) is 17.4 Å². The van der Waals surface area contributed by atoms with Crippen LogP contribution in [0.4, 0.5) is 5.95 Å². The summed E-state index contributed by atoms with van der Waals surface area (Å²) >= 11 is 0. The average Bonchev–Trinajstić information content (AvgIpc) is 3.15. The molecule has 3 unspecified atom stereocenters. The molecule has 0 amide bonds. The van der Waals surface area contributed by atoms with E-state index in [1.807, 2.05) is 6.92 Å². The van der Waals surface area contributed by atoms with Crippen LogP contribution in [0, 0.1) is 0 Å². The lowest BCUT2D eigenvalue weighted by Crippen LogP contribution is -2.39. The predicted molar refractivity (Wildman–Crippen MR) is 91.3 cm³/mol. The third kappa shape index (κ3) is 2.63. The van der Waals surface area contributed by atoms with Crippen molar-refractivity contribution in [1.82, 2.24) is 19.1 Å². The number of aliphatic hydroxyl groups is 2. The van der Waals surface area contributed by atoms with Crippen LogP contribution in [0.2, 0.25) is 0 Å². The summed E-state index contributed by atoms with van der Waals surface area (Å²) in [6, 6.07) is -0.101. The summed E-state index contributed by atoms with van der Waals surface area (Å²) in [5, 5.41) is 23.8. The Labute approximate surface area is 157 Å². The molecule has 0 saturated carbocycles. The molecular weight excluding hydrogens is 397 g/mol. The highest BCUT2D eigenvalue weighted by Gasteiger charge is 2.52. The molecule has 3 aliphatic rings. The van der Waals surface area contributed by atoms with E-state index in [-0.39, 0.29) is 29.8 Å². The van der Waals surface area contributed by atoms with Gasteiger partial charge in [-0.2, -0.15) is 4.98 Å². The number of phosphoric acid groups is 1. The van der Waals surface area contributed by atoms with Crippen molar-refractivity contribution in [2.45, 2.75) is 50.2 Å². The van der Waals surface area contributed by atoms with Crippen molar-refractivity contribution in [3.05, 3.63) is 16.7 Å². The summed E-state index contributed by atoms with van der Waals surface area (Å²) in [7, 11) is -4.25.